The number of nitrogens with one attached hydrogen (secondary N) is 2. The van der Waals surface area contributed by atoms with Gasteiger partial charge in [-0.05, 0) is 25.5 Å². The molecular formula is C10H22N4S. The average Bonchev–Trinajstić information content (AvgIpc) is 2.66. The van der Waals surface area contributed by atoms with Gasteiger partial charge in [-0.1, -0.05) is 13.3 Å². The largest absolute Gasteiger partial charge is 0.351 e. The van der Waals surface area contributed by atoms with Crippen molar-refractivity contribution in [1.29, 1.82) is 0 Å². The van der Waals surface area contributed by atoms with E-state index in [1.54, 1.807) is 0 Å². The number of guanidine groups is 1. The summed E-state index contributed by atoms with van der Waals surface area (Å²) >= 11 is 2.03. The summed E-state index contributed by atoms with van der Waals surface area (Å²) < 4.78 is 0. The summed E-state index contributed by atoms with van der Waals surface area (Å²) in [5.41, 5.74) is 2.62. The zero-order chi connectivity index (χ0) is 11.1. The van der Waals surface area contributed by atoms with E-state index in [9.17, 15) is 0 Å². The van der Waals surface area contributed by atoms with Gasteiger partial charge in [0.05, 0.1) is 0 Å². The Balaban J connectivity index is 2.44. The van der Waals surface area contributed by atoms with Crippen molar-refractivity contribution in [3.05, 3.63) is 0 Å². The van der Waals surface area contributed by atoms with Gasteiger partial charge in [0.1, 0.15) is 0 Å². The number of nitrogens with two attached hydrogens (primary N) is 1. The van der Waals surface area contributed by atoms with Crippen molar-refractivity contribution >= 4 is 17.7 Å². The Morgan fingerprint density at radius 1 is 1.47 bits per heavy atom. The Bertz CT molecular complexity index is 208. The molecule has 5 heteroatoms. The molecule has 0 radical (unpaired) electrons. The van der Waals surface area contributed by atoms with E-state index < -0.39 is 0 Å². The summed E-state index contributed by atoms with van der Waals surface area (Å²) in [6, 6.07) is 0.524. The predicted octanol–water partition coefficient (Wildman–Crippen LogP) is 1.09. The maximum atomic E-state index is 5.41. The molecule has 88 valence electrons. The predicted molar refractivity (Wildman–Crippen MR) is 68.0 cm³/mol. The molecule has 1 saturated carbocycles. The lowest BCUT2D eigenvalue weighted by Crippen LogP contribution is -2.48. The molecule has 0 saturated heterocycles. The molecule has 0 amide bonds. The van der Waals surface area contributed by atoms with Crippen LogP contribution in [0.15, 0.2) is 4.99 Å². The van der Waals surface area contributed by atoms with Crippen molar-refractivity contribution in [2.75, 3.05) is 12.3 Å². The van der Waals surface area contributed by atoms with Gasteiger partial charge in [-0.2, -0.15) is 11.8 Å². The smallest absolute Gasteiger partial charge is 0.205 e. The Morgan fingerprint density at radius 2 is 2.27 bits per heavy atom. The van der Waals surface area contributed by atoms with Gasteiger partial charge < -0.3 is 5.32 Å². The zero-order valence-electron chi connectivity index (χ0n) is 9.62. The van der Waals surface area contributed by atoms with Gasteiger partial charge in [0.15, 0.2) is 0 Å². The lowest BCUT2D eigenvalue weighted by atomic mass is 10.2. The average molecular weight is 230 g/mol. The summed E-state index contributed by atoms with van der Waals surface area (Å²) in [6.07, 6.45) is 3.83. The Labute approximate surface area is 96.4 Å². The highest BCUT2D eigenvalue weighted by Gasteiger charge is 2.27. The fourth-order valence-electron chi connectivity index (χ4n) is 1.97. The first-order chi connectivity index (χ1) is 7.31. The van der Waals surface area contributed by atoms with E-state index >= 15 is 0 Å². The van der Waals surface area contributed by atoms with Crippen LogP contribution in [-0.2, 0) is 0 Å². The van der Waals surface area contributed by atoms with Crippen molar-refractivity contribution in [3.63, 3.8) is 0 Å². The maximum absolute atomic E-state index is 5.41. The van der Waals surface area contributed by atoms with Crippen LogP contribution in [0.5, 0.6) is 0 Å². The van der Waals surface area contributed by atoms with Crippen LogP contribution in [-0.4, -0.2) is 29.5 Å². The second-order valence-electron chi connectivity index (χ2n) is 3.64. The van der Waals surface area contributed by atoms with Crippen LogP contribution in [0.1, 0.15) is 33.1 Å². The summed E-state index contributed by atoms with van der Waals surface area (Å²) in [5, 5.41) is 4.11. The summed E-state index contributed by atoms with van der Waals surface area (Å²) in [7, 11) is 0. The van der Waals surface area contributed by atoms with Crippen LogP contribution in [0.25, 0.3) is 0 Å². The van der Waals surface area contributed by atoms with Crippen molar-refractivity contribution in [3.8, 4) is 0 Å². The minimum absolute atomic E-state index is 0.524. The van der Waals surface area contributed by atoms with Crippen LogP contribution < -0.4 is 16.6 Å². The second kappa shape index (κ2) is 6.95. The van der Waals surface area contributed by atoms with E-state index in [1.165, 1.54) is 25.0 Å². The SMILES string of the molecule is CCN=C(NN)NC1CCCC1SCC. The first-order valence-electron chi connectivity index (χ1n) is 5.71. The highest BCUT2D eigenvalue weighted by molar-refractivity contribution is 7.99. The molecule has 1 aliphatic carbocycles. The van der Waals surface area contributed by atoms with Crippen LogP contribution in [0, 0.1) is 0 Å². The van der Waals surface area contributed by atoms with Gasteiger partial charge in [-0.15, -0.1) is 0 Å². The number of hydrazine groups is 1. The monoisotopic (exact) mass is 230 g/mol. The third kappa shape index (κ3) is 3.91. The van der Waals surface area contributed by atoms with Gasteiger partial charge >= 0.3 is 0 Å². The van der Waals surface area contributed by atoms with E-state index in [-0.39, 0.29) is 0 Å². The third-order valence-corrected chi connectivity index (χ3v) is 3.93. The molecule has 0 aliphatic heterocycles. The quantitative estimate of drug-likeness (QED) is 0.293. The third-order valence-electron chi connectivity index (χ3n) is 2.61. The van der Waals surface area contributed by atoms with Crippen LogP contribution in [0.2, 0.25) is 0 Å². The van der Waals surface area contributed by atoms with Gasteiger partial charge in [-0.25, -0.2) is 5.84 Å². The standard InChI is InChI=1S/C10H22N4S/c1-3-12-10(14-11)13-8-6-5-7-9(8)15-4-2/h8-9H,3-7,11H2,1-2H3,(H2,12,13,14). The molecule has 0 spiro atoms. The molecule has 1 rings (SSSR count). The number of aliphatic imine (C=N–C) groups is 1. The number of nitrogens with zero attached hydrogens (tertiary/aromatic N) is 1. The minimum atomic E-state index is 0.524. The van der Waals surface area contributed by atoms with Crippen LogP contribution in [0.4, 0.5) is 0 Å². The van der Waals surface area contributed by atoms with Crippen LogP contribution in [0.3, 0.4) is 0 Å². The molecule has 4 nitrogen and oxygen atoms in total. The molecule has 2 atom stereocenters. The first-order valence-corrected chi connectivity index (χ1v) is 6.75. The molecule has 1 fully saturated rings. The molecule has 0 aromatic heterocycles. The fraction of sp³-hybridized carbons (Fsp3) is 0.900. The molecule has 2 unspecified atom stereocenters. The summed E-state index contributed by atoms with van der Waals surface area (Å²) in [5.74, 6) is 7.31. The number of hydrogen-bond donors (Lipinski definition) is 3. The van der Waals surface area contributed by atoms with Gasteiger partial charge in [0.25, 0.3) is 0 Å². The highest BCUT2D eigenvalue weighted by Crippen LogP contribution is 2.29. The highest BCUT2D eigenvalue weighted by atomic mass is 32.2. The Kier molecular flexibility index (Phi) is 5.86. The van der Waals surface area contributed by atoms with Gasteiger partial charge in [0, 0.05) is 17.8 Å². The molecular weight excluding hydrogens is 208 g/mol. The van der Waals surface area contributed by atoms with Crippen molar-refractivity contribution in [1.82, 2.24) is 10.7 Å². The first kappa shape index (κ1) is 12.6. The van der Waals surface area contributed by atoms with E-state index in [2.05, 4.69) is 22.7 Å². The fourth-order valence-corrected chi connectivity index (χ4v) is 3.17. The van der Waals surface area contributed by atoms with E-state index in [1.807, 2.05) is 18.7 Å². The normalized spacial score (nSPS) is 26.7. The zero-order valence-corrected chi connectivity index (χ0v) is 10.4. The molecule has 1 aliphatic rings. The van der Waals surface area contributed by atoms with E-state index in [0.29, 0.717) is 11.3 Å². The lowest BCUT2D eigenvalue weighted by Gasteiger charge is -2.21. The van der Waals surface area contributed by atoms with Crippen molar-refractivity contribution < 1.29 is 0 Å². The summed E-state index contributed by atoms with van der Waals surface area (Å²) in [6.45, 7) is 4.97. The van der Waals surface area contributed by atoms with Gasteiger partial charge in [-0.3, -0.25) is 10.4 Å². The lowest BCUT2D eigenvalue weighted by molar-refractivity contribution is 0.624. The number of rotatable bonds is 4. The van der Waals surface area contributed by atoms with Crippen LogP contribution >= 0.6 is 11.8 Å². The van der Waals surface area contributed by atoms with Gasteiger partial charge in [0.2, 0.25) is 5.96 Å². The Hall–Kier alpha value is -0.420. The maximum Gasteiger partial charge on any atom is 0.205 e. The molecule has 0 heterocycles. The molecule has 15 heavy (non-hydrogen) atoms. The number of thioether (sulfide) groups is 1. The summed E-state index contributed by atoms with van der Waals surface area (Å²) in [4.78, 5) is 4.26. The number of hydrogen-bond acceptors (Lipinski definition) is 3. The molecule has 0 aromatic carbocycles. The second-order valence-corrected chi connectivity index (χ2v) is 5.16. The van der Waals surface area contributed by atoms with E-state index in [4.69, 9.17) is 5.84 Å². The molecule has 0 bridgehead atoms. The van der Waals surface area contributed by atoms with Crippen molar-refractivity contribution in [2.45, 2.75) is 44.4 Å². The van der Waals surface area contributed by atoms with Crippen molar-refractivity contribution in [2.24, 2.45) is 10.8 Å². The topological polar surface area (TPSA) is 62.4 Å². The molecule has 4 N–H and O–H groups in total. The van der Waals surface area contributed by atoms with E-state index in [0.717, 1.165) is 12.5 Å². The minimum Gasteiger partial charge on any atom is -0.351 e. The Morgan fingerprint density at radius 3 is 2.87 bits per heavy atom. The molecule has 0 aromatic rings.